The Balaban J connectivity index is 3.92. The molecule has 0 unspecified atom stereocenters. The van der Waals surface area contributed by atoms with E-state index in [2.05, 4.69) is 14.9 Å². The van der Waals surface area contributed by atoms with Crippen LogP contribution < -0.4 is 0 Å². The van der Waals surface area contributed by atoms with E-state index in [1.807, 2.05) is 0 Å². The molecule has 0 aromatic heterocycles. The molecule has 0 aromatic carbocycles. The van der Waals surface area contributed by atoms with Gasteiger partial charge in [-0.25, -0.2) is 0 Å². The summed E-state index contributed by atoms with van der Waals surface area (Å²) in [6.07, 6.45) is 0.888. The minimum Gasteiger partial charge on any atom is -0.290 e. The summed E-state index contributed by atoms with van der Waals surface area (Å²) in [6.45, 7) is 0. The molecule has 4 nitrogen and oxygen atoms in total. The van der Waals surface area contributed by atoms with Gasteiger partial charge in [-0.05, 0) is 0 Å². The summed E-state index contributed by atoms with van der Waals surface area (Å²) in [7, 11) is 0.298. The Kier molecular flexibility index (Phi) is 1.87. The van der Waals surface area contributed by atoms with Gasteiger partial charge < -0.3 is 0 Å². The van der Waals surface area contributed by atoms with Crippen LogP contribution in [0.25, 0.3) is 0 Å². The van der Waals surface area contributed by atoms with Crippen LogP contribution in [-0.2, 0) is 13.5 Å². The fourth-order valence-electron chi connectivity index (χ4n) is 0.0445. The summed E-state index contributed by atoms with van der Waals surface area (Å²) in [5.41, 5.74) is 0. The van der Waals surface area contributed by atoms with Crippen LogP contribution in [0, 0.1) is 11.5 Å². The highest BCUT2D eigenvalue weighted by molar-refractivity contribution is 8.10. The van der Waals surface area contributed by atoms with Gasteiger partial charge >= 0.3 is 15.6 Å². The van der Waals surface area contributed by atoms with Crippen molar-refractivity contribution >= 4 is 20.0 Å². The number of hydrogen-bond acceptors (Lipinski definition) is 4. The van der Waals surface area contributed by atoms with Crippen LogP contribution >= 0.6 is 10.7 Å². The quantitative estimate of drug-likeness (QED) is 0.380. The van der Waals surface area contributed by atoms with E-state index in [0.29, 0.717) is 0 Å². The Morgan fingerprint density at radius 1 is 1.71 bits per heavy atom. The third kappa shape index (κ3) is 5.53. The van der Waals surface area contributed by atoms with Crippen LogP contribution in [0.3, 0.4) is 0 Å². The number of nitrogens with zero attached hydrogens (tertiary/aromatic N) is 1. The molecule has 0 bridgehead atoms. The van der Waals surface area contributed by atoms with Crippen molar-refractivity contribution in [3.63, 3.8) is 0 Å². The van der Waals surface area contributed by atoms with Crippen LogP contribution in [0.15, 0.2) is 0 Å². The molecule has 0 amide bonds. The summed E-state index contributed by atoms with van der Waals surface area (Å²) >= 11 is 0. The first kappa shape index (κ1) is 6.53. The van der Waals surface area contributed by atoms with Gasteiger partial charge in [0, 0.05) is 0 Å². The van der Waals surface area contributed by atoms with Gasteiger partial charge in [-0.1, -0.05) is 0 Å². The van der Waals surface area contributed by atoms with E-state index in [0.717, 1.165) is 6.26 Å². The fraction of sp³-hybridized carbons (Fsp3) is 0. The van der Waals surface area contributed by atoms with Crippen molar-refractivity contribution in [1.29, 1.82) is 5.26 Å². The van der Waals surface area contributed by atoms with Crippen molar-refractivity contribution < 1.29 is 12.6 Å². The van der Waals surface area contributed by atoms with Gasteiger partial charge in [0.1, 0.15) is 0 Å². The lowest BCUT2D eigenvalue weighted by Gasteiger charge is -1.78. The summed E-state index contributed by atoms with van der Waals surface area (Å²) in [5, 5.41) is 7.47. The van der Waals surface area contributed by atoms with E-state index < -0.39 is 9.33 Å². The zero-order chi connectivity index (χ0) is 5.91. The predicted octanol–water partition coefficient (Wildman–Crippen LogP) is -0.0323. The molecule has 0 aliphatic rings. The summed E-state index contributed by atoms with van der Waals surface area (Å²) in [5.74, 6) is 0. The highest BCUT2D eigenvalue weighted by Gasteiger charge is 2.00. The molecule has 0 saturated heterocycles. The maximum Gasteiger partial charge on any atom is 0.410 e. The van der Waals surface area contributed by atoms with Crippen LogP contribution in [-0.4, -0.2) is 8.42 Å². The Bertz CT molecular complexity index is 176. The van der Waals surface area contributed by atoms with E-state index in [-0.39, 0.29) is 0 Å². The highest BCUT2D eigenvalue weighted by atomic mass is 35.7. The van der Waals surface area contributed by atoms with Crippen LogP contribution in [0.1, 0.15) is 0 Å². The molecule has 0 saturated carbocycles. The largest absolute Gasteiger partial charge is 0.410 e. The molecule has 7 heavy (non-hydrogen) atoms. The maximum atomic E-state index is 9.55. The van der Waals surface area contributed by atoms with E-state index in [4.69, 9.17) is 5.26 Å². The van der Waals surface area contributed by atoms with Crippen molar-refractivity contribution in [1.82, 2.24) is 0 Å². The molecule has 0 rings (SSSR count). The molecular weight excluding hydrogens is 142 g/mol. The minimum atomic E-state index is -4.06. The first-order valence-corrected chi connectivity index (χ1v) is 3.32. The highest BCUT2D eigenvalue weighted by Crippen LogP contribution is 1.94. The second kappa shape index (κ2) is 2.00. The Morgan fingerprint density at radius 3 is 2.14 bits per heavy atom. The molecule has 0 aliphatic heterocycles. The minimum absolute atomic E-state index is 0.888. The number of nitriles is 1. The van der Waals surface area contributed by atoms with Crippen molar-refractivity contribution in [3.05, 3.63) is 0 Å². The van der Waals surface area contributed by atoms with Gasteiger partial charge in [-0.3, -0.25) is 4.18 Å². The van der Waals surface area contributed by atoms with Gasteiger partial charge in [0.15, 0.2) is 0 Å². The van der Waals surface area contributed by atoms with Crippen LogP contribution in [0.5, 0.6) is 0 Å². The van der Waals surface area contributed by atoms with Crippen molar-refractivity contribution in [2.45, 2.75) is 0 Å². The SMILES string of the molecule is N#COS(=O)(=O)Cl. The third-order valence-corrected chi connectivity index (χ3v) is 0.599. The number of rotatable bonds is 1. The zero-order valence-electron chi connectivity index (χ0n) is 2.96. The molecule has 0 aliphatic carbocycles. The molecule has 0 fully saturated rings. The van der Waals surface area contributed by atoms with Crippen molar-refractivity contribution in [2.24, 2.45) is 0 Å². The molecule has 0 N–H and O–H groups in total. The fourth-order valence-corrected chi connectivity index (χ4v) is 0.218. The van der Waals surface area contributed by atoms with Crippen LogP contribution in [0.4, 0.5) is 0 Å². The molecule has 0 heterocycles. The lowest BCUT2D eigenvalue weighted by Crippen LogP contribution is -1.87. The normalized spacial score (nSPS) is 9.71. The van der Waals surface area contributed by atoms with E-state index in [9.17, 15) is 8.42 Å². The topological polar surface area (TPSA) is 67.2 Å². The standard InChI is InChI=1S/CClNO3S/c2-7(4,5)6-1-3. The predicted molar refractivity (Wildman–Crippen MR) is 21.5 cm³/mol. The Morgan fingerprint density at radius 2 is 2.14 bits per heavy atom. The number of hydrogen-bond donors (Lipinski definition) is 0. The monoisotopic (exact) mass is 141 g/mol. The lowest BCUT2D eigenvalue weighted by molar-refractivity contribution is 0.476. The third-order valence-electron chi connectivity index (χ3n) is 0.137. The molecule has 40 valence electrons. The van der Waals surface area contributed by atoms with Gasteiger partial charge in [0.25, 0.3) is 0 Å². The smallest absolute Gasteiger partial charge is 0.290 e. The molecule has 0 atom stereocenters. The van der Waals surface area contributed by atoms with E-state index >= 15 is 0 Å². The summed E-state index contributed by atoms with van der Waals surface area (Å²) < 4.78 is 22.4. The average Bonchev–Trinajstić information content (AvgIpc) is 1.30. The molecular formula is CClNO3S. The molecule has 6 heteroatoms. The summed E-state index contributed by atoms with van der Waals surface area (Å²) in [6, 6.07) is 0. The van der Waals surface area contributed by atoms with Gasteiger partial charge in [-0.15, -0.1) is 5.26 Å². The number of halogens is 1. The lowest BCUT2D eigenvalue weighted by atomic mass is 11.6. The summed E-state index contributed by atoms with van der Waals surface area (Å²) in [4.78, 5) is 0. The zero-order valence-corrected chi connectivity index (χ0v) is 4.53. The molecule has 0 aromatic rings. The van der Waals surface area contributed by atoms with E-state index in [1.54, 1.807) is 0 Å². The average molecular weight is 142 g/mol. The van der Waals surface area contributed by atoms with E-state index in [1.165, 1.54) is 0 Å². The van der Waals surface area contributed by atoms with Gasteiger partial charge in [-0.2, -0.15) is 8.42 Å². The first-order valence-electron chi connectivity index (χ1n) is 1.08. The van der Waals surface area contributed by atoms with Crippen LogP contribution in [0.2, 0.25) is 0 Å². The van der Waals surface area contributed by atoms with Gasteiger partial charge in [0.2, 0.25) is 0 Å². The Hall–Kier alpha value is -0.470. The van der Waals surface area contributed by atoms with Gasteiger partial charge in [0.05, 0.1) is 10.7 Å². The van der Waals surface area contributed by atoms with Crippen molar-refractivity contribution in [2.75, 3.05) is 0 Å². The first-order chi connectivity index (χ1) is 3.06. The molecule has 0 spiro atoms. The maximum absolute atomic E-state index is 9.55. The van der Waals surface area contributed by atoms with Crippen molar-refractivity contribution in [3.8, 4) is 6.26 Å². The second-order valence-corrected chi connectivity index (χ2v) is 2.65. The second-order valence-electron chi connectivity index (χ2n) is 0.568. The Labute approximate surface area is 44.9 Å². The molecule has 0 radical (unpaired) electrons.